The Hall–Kier alpha value is -0.570. The van der Waals surface area contributed by atoms with Gasteiger partial charge < -0.3 is 10.4 Å². The summed E-state index contributed by atoms with van der Waals surface area (Å²) in [5.41, 5.74) is 0. The molecule has 1 unspecified atom stereocenters. The van der Waals surface area contributed by atoms with Crippen molar-refractivity contribution in [2.24, 2.45) is 11.8 Å². The molecular weight excluding hydrogens is 178 g/mol. The second-order valence-electron chi connectivity index (χ2n) is 4.42. The molecule has 0 aromatic heterocycles. The van der Waals surface area contributed by atoms with E-state index in [1.165, 1.54) is 19.3 Å². The predicted molar refractivity (Wildman–Crippen MR) is 55.8 cm³/mol. The number of rotatable bonds is 6. The molecule has 0 bridgehead atoms. The third-order valence-corrected chi connectivity index (χ3v) is 2.97. The molecule has 1 fully saturated rings. The zero-order chi connectivity index (χ0) is 10.4. The first-order chi connectivity index (χ1) is 6.72. The Kier molecular flexibility index (Phi) is 4.94. The van der Waals surface area contributed by atoms with Gasteiger partial charge in [0, 0.05) is 19.6 Å². The van der Waals surface area contributed by atoms with E-state index in [4.69, 9.17) is 5.11 Å². The highest BCUT2D eigenvalue weighted by Gasteiger charge is 2.20. The van der Waals surface area contributed by atoms with Gasteiger partial charge in [0.15, 0.2) is 0 Å². The first-order valence-corrected chi connectivity index (χ1v) is 5.60. The fourth-order valence-corrected chi connectivity index (χ4v) is 1.64. The van der Waals surface area contributed by atoms with Crippen LogP contribution in [0, 0.1) is 11.8 Å². The average Bonchev–Trinajstić information content (AvgIpc) is 2.09. The van der Waals surface area contributed by atoms with Gasteiger partial charge in [0.25, 0.3) is 0 Å². The zero-order valence-electron chi connectivity index (χ0n) is 8.96. The van der Waals surface area contributed by atoms with Crippen LogP contribution in [0.4, 0.5) is 0 Å². The molecule has 2 N–H and O–H groups in total. The van der Waals surface area contributed by atoms with E-state index in [9.17, 15) is 4.79 Å². The summed E-state index contributed by atoms with van der Waals surface area (Å²) in [5.74, 6) is 1.20. The van der Waals surface area contributed by atoms with Crippen molar-refractivity contribution in [1.82, 2.24) is 5.32 Å². The minimum absolute atomic E-state index is 0.180. The molecule has 0 heterocycles. The summed E-state index contributed by atoms with van der Waals surface area (Å²) in [7, 11) is 0. The van der Waals surface area contributed by atoms with E-state index in [1.54, 1.807) is 0 Å². The lowest BCUT2D eigenvalue weighted by Crippen LogP contribution is -2.31. The van der Waals surface area contributed by atoms with Gasteiger partial charge in [-0.3, -0.25) is 4.79 Å². The van der Waals surface area contributed by atoms with E-state index in [0.717, 1.165) is 6.42 Å². The van der Waals surface area contributed by atoms with E-state index >= 15 is 0 Å². The molecule has 0 aliphatic heterocycles. The molecule has 0 spiro atoms. The van der Waals surface area contributed by atoms with Crippen molar-refractivity contribution in [3.63, 3.8) is 0 Å². The number of carbonyl (C=O) groups excluding carboxylic acids is 1. The third-order valence-electron chi connectivity index (χ3n) is 2.97. The van der Waals surface area contributed by atoms with Crippen LogP contribution in [-0.4, -0.2) is 24.2 Å². The van der Waals surface area contributed by atoms with Crippen LogP contribution in [0.5, 0.6) is 0 Å². The van der Waals surface area contributed by atoms with Crippen LogP contribution in [-0.2, 0) is 4.79 Å². The smallest absolute Gasteiger partial charge is 0.220 e. The molecule has 1 atom stereocenters. The first kappa shape index (κ1) is 11.5. The van der Waals surface area contributed by atoms with Gasteiger partial charge in [-0.05, 0) is 31.1 Å². The number of nitrogens with one attached hydrogen (secondary N) is 1. The highest BCUT2D eigenvalue weighted by molar-refractivity contribution is 5.76. The highest BCUT2D eigenvalue weighted by Crippen LogP contribution is 2.29. The Labute approximate surface area is 85.9 Å². The number of hydrogen-bond donors (Lipinski definition) is 2. The van der Waals surface area contributed by atoms with Crippen LogP contribution in [0.15, 0.2) is 0 Å². The number of hydrogen-bond acceptors (Lipinski definition) is 2. The number of aliphatic hydroxyl groups is 1. The standard InChI is InChI=1S/C11H21NO2/c1-9(5-6-13)8-12-11(14)7-10-3-2-4-10/h9-10,13H,2-8H2,1H3,(H,12,14). The van der Waals surface area contributed by atoms with E-state index in [0.29, 0.717) is 24.8 Å². The maximum absolute atomic E-state index is 11.4. The van der Waals surface area contributed by atoms with Gasteiger partial charge in [0.2, 0.25) is 5.91 Å². The topological polar surface area (TPSA) is 49.3 Å². The zero-order valence-corrected chi connectivity index (χ0v) is 8.96. The van der Waals surface area contributed by atoms with Gasteiger partial charge in [-0.1, -0.05) is 13.3 Å². The Bertz CT molecular complexity index is 178. The first-order valence-electron chi connectivity index (χ1n) is 5.60. The second kappa shape index (κ2) is 6.02. The van der Waals surface area contributed by atoms with Crippen molar-refractivity contribution < 1.29 is 9.90 Å². The Balaban J connectivity index is 2.01. The maximum Gasteiger partial charge on any atom is 0.220 e. The summed E-state index contributed by atoms with van der Waals surface area (Å²) < 4.78 is 0. The molecule has 3 nitrogen and oxygen atoms in total. The summed E-state index contributed by atoms with van der Waals surface area (Å²) in [6, 6.07) is 0. The minimum Gasteiger partial charge on any atom is -0.396 e. The third kappa shape index (κ3) is 4.09. The summed E-state index contributed by atoms with van der Waals surface area (Å²) in [4.78, 5) is 11.4. The lowest BCUT2D eigenvalue weighted by Gasteiger charge is -2.24. The highest BCUT2D eigenvalue weighted by atomic mass is 16.3. The van der Waals surface area contributed by atoms with Gasteiger partial charge >= 0.3 is 0 Å². The number of carbonyl (C=O) groups is 1. The second-order valence-corrected chi connectivity index (χ2v) is 4.42. The fourth-order valence-electron chi connectivity index (χ4n) is 1.64. The fraction of sp³-hybridized carbons (Fsp3) is 0.909. The SMILES string of the molecule is CC(CCO)CNC(=O)CC1CCC1. The summed E-state index contributed by atoms with van der Waals surface area (Å²) in [6.07, 6.45) is 5.20. The van der Waals surface area contributed by atoms with Crippen molar-refractivity contribution >= 4 is 5.91 Å². The lowest BCUT2D eigenvalue weighted by molar-refractivity contribution is -0.122. The molecule has 1 aliphatic carbocycles. The average molecular weight is 199 g/mol. The van der Waals surface area contributed by atoms with Gasteiger partial charge in [0.1, 0.15) is 0 Å². The van der Waals surface area contributed by atoms with Gasteiger partial charge in [-0.25, -0.2) is 0 Å². The number of aliphatic hydroxyl groups excluding tert-OH is 1. The molecule has 0 saturated heterocycles. The molecule has 14 heavy (non-hydrogen) atoms. The lowest BCUT2D eigenvalue weighted by atomic mass is 9.83. The predicted octanol–water partition coefficient (Wildman–Crippen LogP) is 1.31. The van der Waals surface area contributed by atoms with E-state index < -0.39 is 0 Å². The molecule has 0 aromatic rings. The Morgan fingerprint density at radius 3 is 2.79 bits per heavy atom. The minimum atomic E-state index is 0.180. The van der Waals surface area contributed by atoms with Gasteiger partial charge in [-0.15, -0.1) is 0 Å². The maximum atomic E-state index is 11.4. The van der Waals surface area contributed by atoms with Crippen LogP contribution in [0.2, 0.25) is 0 Å². The number of amides is 1. The normalized spacial score (nSPS) is 18.7. The summed E-state index contributed by atoms with van der Waals surface area (Å²) in [6.45, 7) is 2.95. The monoisotopic (exact) mass is 199 g/mol. The van der Waals surface area contributed by atoms with E-state index in [-0.39, 0.29) is 12.5 Å². The van der Waals surface area contributed by atoms with Crippen LogP contribution in [0.3, 0.4) is 0 Å². The summed E-state index contributed by atoms with van der Waals surface area (Å²) in [5, 5.41) is 11.6. The molecule has 1 rings (SSSR count). The molecule has 1 aliphatic rings. The molecule has 1 saturated carbocycles. The molecule has 1 amide bonds. The van der Waals surface area contributed by atoms with Gasteiger partial charge in [0.05, 0.1) is 0 Å². The van der Waals surface area contributed by atoms with Crippen LogP contribution in [0.1, 0.15) is 39.0 Å². The molecule has 82 valence electrons. The van der Waals surface area contributed by atoms with Crippen LogP contribution < -0.4 is 5.32 Å². The van der Waals surface area contributed by atoms with Crippen molar-refractivity contribution in [2.75, 3.05) is 13.2 Å². The Morgan fingerprint density at radius 1 is 1.57 bits per heavy atom. The quantitative estimate of drug-likeness (QED) is 0.677. The van der Waals surface area contributed by atoms with Crippen molar-refractivity contribution in [1.29, 1.82) is 0 Å². The largest absolute Gasteiger partial charge is 0.396 e. The van der Waals surface area contributed by atoms with E-state index in [2.05, 4.69) is 5.32 Å². The van der Waals surface area contributed by atoms with Crippen molar-refractivity contribution in [3.05, 3.63) is 0 Å². The van der Waals surface area contributed by atoms with Crippen molar-refractivity contribution in [3.8, 4) is 0 Å². The summed E-state index contributed by atoms with van der Waals surface area (Å²) >= 11 is 0. The molecule has 0 radical (unpaired) electrons. The van der Waals surface area contributed by atoms with Gasteiger partial charge in [-0.2, -0.15) is 0 Å². The van der Waals surface area contributed by atoms with E-state index in [1.807, 2.05) is 6.92 Å². The van der Waals surface area contributed by atoms with Crippen LogP contribution in [0.25, 0.3) is 0 Å². The molecular formula is C11H21NO2. The molecule has 3 heteroatoms. The van der Waals surface area contributed by atoms with Crippen molar-refractivity contribution in [2.45, 2.75) is 39.0 Å². The molecule has 0 aromatic carbocycles. The van der Waals surface area contributed by atoms with Crippen LogP contribution >= 0.6 is 0 Å². The Morgan fingerprint density at radius 2 is 2.29 bits per heavy atom.